The second kappa shape index (κ2) is 11.9. The second-order valence-corrected chi connectivity index (χ2v) is 12.8. The van der Waals surface area contributed by atoms with Gasteiger partial charge in [-0.05, 0) is 62.5 Å². The van der Waals surface area contributed by atoms with Crippen molar-refractivity contribution in [3.8, 4) is 56.4 Å². The van der Waals surface area contributed by atoms with Crippen molar-refractivity contribution in [1.82, 2.24) is 15.0 Å². The predicted molar refractivity (Wildman–Crippen MR) is 209 cm³/mol. The lowest BCUT2D eigenvalue weighted by molar-refractivity contribution is 0.670. The first-order chi connectivity index (χ1) is 25.3. The Morgan fingerprint density at radius 2 is 0.922 bits per heavy atom. The zero-order valence-corrected chi connectivity index (χ0v) is 27.5. The van der Waals surface area contributed by atoms with Crippen molar-refractivity contribution in [3.63, 3.8) is 0 Å². The van der Waals surface area contributed by atoms with Crippen LogP contribution in [0.15, 0.2) is 180 Å². The van der Waals surface area contributed by atoms with E-state index >= 15 is 0 Å². The van der Waals surface area contributed by atoms with Crippen LogP contribution in [0, 0.1) is 0 Å². The highest BCUT2D eigenvalue weighted by molar-refractivity contribution is 6.17. The number of rotatable bonds is 5. The molecule has 51 heavy (non-hydrogen) atoms. The van der Waals surface area contributed by atoms with Gasteiger partial charge in [0, 0.05) is 33.0 Å². The van der Waals surface area contributed by atoms with Crippen molar-refractivity contribution < 1.29 is 4.42 Å². The molecule has 0 bridgehead atoms. The molecule has 0 unspecified atom stereocenters. The van der Waals surface area contributed by atoms with Gasteiger partial charge in [-0.2, -0.15) is 0 Å². The molecule has 0 atom stereocenters. The molecular weight excluding hydrogens is 623 g/mol. The van der Waals surface area contributed by atoms with E-state index in [2.05, 4.69) is 133 Å². The monoisotopic (exact) mass is 651 g/mol. The summed E-state index contributed by atoms with van der Waals surface area (Å²) in [5, 5.41) is 6.82. The summed E-state index contributed by atoms with van der Waals surface area (Å²) in [5.41, 5.74) is 8.83. The third kappa shape index (κ3) is 5.04. The highest BCUT2D eigenvalue weighted by Gasteiger charge is 2.21. The van der Waals surface area contributed by atoms with Crippen molar-refractivity contribution in [2.24, 2.45) is 0 Å². The lowest BCUT2D eigenvalue weighted by Crippen LogP contribution is -2.00. The SMILES string of the molecule is c1ccc(-c2nc(-c3ccc(-c4ccc5ccccc5c4)cc3)nc(-c3ccc(-c4cccc5ccccc45)c4oc5ccccc5c34)n2)cc1. The molecule has 0 spiro atoms. The molecule has 8 aromatic carbocycles. The summed E-state index contributed by atoms with van der Waals surface area (Å²) >= 11 is 0. The average Bonchev–Trinajstić information content (AvgIpc) is 3.60. The Bertz CT molecular complexity index is 2900. The summed E-state index contributed by atoms with van der Waals surface area (Å²) in [7, 11) is 0. The summed E-state index contributed by atoms with van der Waals surface area (Å²) < 4.78 is 6.69. The van der Waals surface area contributed by atoms with Gasteiger partial charge in [-0.15, -0.1) is 0 Å². The predicted octanol–water partition coefficient (Wildman–Crippen LogP) is 12.4. The molecule has 10 aromatic rings. The van der Waals surface area contributed by atoms with Gasteiger partial charge in [0.1, 0.15) is 11.2 Å². The molecule has 0 aliphatic rings. The minimum absolute atomic E-state index is 0.596. The van der Waals surface area contributed by atoms with Crippen LogP contribution in [0.5, 0.6) is 0 Å². The maximum atomic E-state index is 6.69. The molecule has 10 rings (SSSR count). The molecular formula is C47H29N3O. The lowest BCUT2D eigenvalue weighted by Gasteiger charge is -2.12. The van der Waals surface area contributed by atoms with Crippen LogP contribution in [-0.2, 0) is 0 Å². The molecule has 238 valence electrons. The van der Waals surface area contributed by atoms with Gasteiger partial charge in [0.25, 0.3) is 0 Å². The molecule has 0 saturated heterocycles. The van der Waals surface area contributed by atoms with E-state index in [1.165, 1.54) is 27.1 Å². The van der Waals surface area contributed by atoms with Gasteiger partial charge in [0.05, 0.1) is 0 Å². The Morgan fingerprint density at radius 1 is 0.333 bits per heavy atom. The quantitative estimate of drug-likeness (QED) is 0.186. The normalized spacial score (nSPS) is 11.5. The Balaban J connectivity index is 1.16. The van der Waals surface area contributed by atoms with Gasteiger partial charge in [-0.3, -0.25) is 0 Å². The number of fused-ring (bicyclic) bond motifs is 5. The first-order valence-corrected chi connectivity index (χ1v) is 17.1. The minimum atomic E-state index is 0.596. The fourth-order valence-electron chi connectivity index (χ4n) is 7.21. The second-order valence-electron chi connectivity index (χ2n) is 12.8. The van der Waals surface area contributed by atoms with Crippen molar-refractivity contribution in [2.45, 2.75) is 0 Å². The van der Waals surface area contributed by atoms with E-state index in [0.717, 1.165) is 55.3 Å². The van der Waals surface area contributed by atoms with E-state index in [4.69, 9.17) is 19.4 Å². The van der Waals surface area contributed by atoms with Gasteiger partial charge < -0.3 is 4.42 Å². The van der Waals surface area contributed by atoms with E-state index in [0.29, 0.717) is 17.5 Å². The number of hydrogen-bond acceptors (Lipinski definition) is 4. The summed E-state index contributed by atoms with van der Waals surface area (Å²) in [4.78, 5) is 15.3. The zero-order valence-electron chi connectivity index (χ0n) is 27.5. The summed E-state index contributed by atoms with van der Waals surface area (Å²) in [6.45, 7) is 0. The van der Waals surface area contributed by atoms with Crippen molar-refractivity contribution in [2.75, 3.05) is 0 Å². The number of hydrogen-bond donors (Lipinski definition) is 0. The van der Waals surface area contributed by atoms with Crippen LogP contribution in [0.4, 0.5) is 0 Å². The Morgan fingerprint density at radius 3 is 1.75 bits per heavy atom. The van der Waals surface area contributed by atoms with Crippen LogP contribution in [-0.4, -0.2) is 15.0 Å². The van der Waals surface area contributed by atoms with E-state index in [-0.39, 0.29) is 0 Å². The fraction of sp³-hybridized carbons (Fsp3) is 0. The third-order valence-corrected chi connectivity index (χ3v) is 9.74. The summed E-state index contributed by atoms with van der Waals surface area (Å²) in [5.74, 6) is 1.83. The molecule has 0 amide bonds. The number of aromatic nitrogens is 3. The van der Waals surface area contributed by atoms with E-state index in [1.54, 1.807) is 0 Å². The topological polar surface area (TPSA) is 51.8 Å². The van der Waals surface area contributed by atoms with Crippen LogP contribution < -0.4 is 0 Å². The van der Waals surface area contributed by atoms with Gasteiger partial charge in [0.15, 0.2) is 17.5 Å². The van der Waals surface area contributed by atoms with Crippen LogP contribution in [0.3, 0.4) is 0 Å². The van der Waals surface area contributed by atoms with Gasteiger partial charge in [-0.25, -0.2) is 15.0 Å². The van der Waals surface area contributed by atoms with Crippen LogP contribution in [0.25, 0.3) is 99.9 Å². The molecule has 0 aliphatic carbocycles. The van der Waals surface area contributed by atoms with Crippen LogP contribution >= 0.6 is 0 Å². The maximum Gasteiger partial charge on any atom is 0.164 e. The minimum Gasteiger partial charge on any atom is -0.455 e. The molecule has 2 aromatic heterocycles. The molecule has 4 heteroatoms. The largest absolute Gasteiger partial charge is 0.455 e. The van der Waals surface area contributed by atoms with Gasteiger partial charge in [0.2, 0.25) is 0 Å². The molecule has 0 saturated carbocycles. The smallest absolute Gasteiger partial charge is 0.164 e. The summed E-state index contributed by atoms with van der Waals surface area (Å²) in [6.07, 6.45) is 0. The number of furan rings is 1. The van der Waals surface area contributed by atoms with Crippen molar-refractivity contribution in [3.05, 3.63) is 176 Å². The first-order valence-electron chi connectivity index (χ1n) is 17.1. The zero-order chi connectivity index (χ0) is 33.7. The van der Waals surface area contributed by atoms with Gasteiger partial charge >= 0.3 is 0 Å². The number of para-hydroxylation sites is 1. The average molecular weight is 652 g/mol. The molecule has 2 heterocycles. The first kappa shape index (κ1) is 29.0. The van der Waals surface area contributed by atoms with E-state index in [9.17, 15) is 0 Å². The summed E-state index contributed by atoms with van der Waals surface area (Å²) in [6, 6.07) is 61.0. The molecule has 0 fully saturated rings. The van der Waals surface area contributed by atoms with Gasteiger partial charge in [-0.1, -0.05) is 152 Å². The van der Waals surface area contributed by atoms with Crippen molar-refractivity contribution >= 4 is 43.5 Å². The van der Waals surface area contributed by atoms with E-state index < -0.39 is 0 Å². The van der Waals surface area contributed by atoms with Crippen LogP contribution in [0.2, 0.25) is 0 Å². The number of benzene rings is 8. The highest BCUT2D eigenvalue weighted by Crippen LogP contribution is 2.43. The highest BCUT2D eigenvalue weighted by atomic mass is 16.3. The molecule has 0 aliphatic heterocycles. The lowest BCUT2D eigenvalue weighted by atomic mass is 9.94. The standard InChI is InChI=1S/C47H29N3O/c1-2-13-33(14-3-1)45-48-46(34-24-21-31(22-25-34)36-26-23-30-11-4-5-15-35(30)29-36)50-47(49-45)41-28-27-39(38-19-10-16-32-12-6-7-17-37(32)38)44-43(41)40-18-8-9-20-42(40)51-44/h1-29H. The molecule has 4 nitrogen and oxygen atoms in total. The number of nitrogens with zero attached hydrogens (tertiary/aromatic N) is 3. The third-order valence-electron chi connectivity index (χ3n) is 9.74. The Kier molecular flexibility index (Phi) is 6.78. The van der Waals surface area contributed by atoms with Crippen molar-refractivity contribution in [1.29, 1.82) is 0 Å². The maximum absolute atomic E-state index is 6.69. The molecule has 0 radical (unpaired) electrons. The fourth-order valence-corrected chi connectivity index (χ4v) is 7.21. The Hall–Kier alpha value is -6.91. The molecule has 0 N–H and O–H groups in total. The Labute approximate surface area is 294 Å². The van der Waals surface area contributed by atoms with E-state index in [1.807, 2.05) is 42.5 Å². The van der Waals surface area contributed by atoms with Crippen LogP contribution in [0.1, 0.15) is 0 Å².